The molecule has 0 saturated carbocycles. The topological polar surface area (TPSA) is 229 Å². The molecule has 1 aromatic carbocycles. The molecule has 0 fully saturated rings. The SMILES string of the molecule is C=N.C=NCCCC([NH3+])C(=O)NC(Cc1ccc(O)cc1)C(=O)CC(Cc1cnc[nH]1)C(=O)NC(CCSC)C(C)=O.[CH+]=N. The number of benzene rings is 1. The number of aromatic hydroxyl groups is 1. The van der Waals surface area contributed by atoms with Crippen LogP contribution in [0, 0.1) is 16.7 Å². The molecule has 0 bridgehead atoms. The summed E-state index contributed by atoms with van der Waals surface area (Å²) in [6.45, 7) is 11.6. The van der Waals surface area contributed by atoms with Crippen molar-refractivity contribution in [2.24, 2.45) is 10.9 Å². The number of quaternary nitrogens is 1. The van der Waals surface area contributed by atoms with Crippen LogP contribution in [-0.4, -0.2) is 95.3 Å². The Morgan fingerprint density at radius 2 is 1.73 bits per heavy atom. The predicted molar refractivity (Wildman–Crippen MR) is 174 cm³/mol. The van der Waals surface area contributed by atoms with Gasteiger partial charge in [-0.05, 0) is 69.3 Å². The standard InChI is InChI=1S/C28H40N6O5S.CH3N.CH2N/c1-18(35)24(10-12-40-3)33-27(38)20(14-21-16-31-17-32-21)15-26(37)25(13-19-6-8-22(36)9-7-19)34-28(39)23(29)5-4-11-30-2;2*1-2/h6-9,16-17,20,23-25,36H,2,4-5,10-15,29H2,1,3H3,(H,31,32)(H,33,38)(H,34,39);2H,1H2;1-2H/q;;+1/p+1. The normalized spacial score (nSPS) is 12.9. The smallest absolute Gasteiger partial charge is 0.338 e. The first kappa shape index (κ1) is 39.7. The van der Waals surface area contributed by atoms with Crippen molar-refractivity contribution in [3.63, 3.8) is 0 Å². The van der Waals surface area contributed by atoms with E-state index in [0.717, 1.165) is 5.56 Å². The average molecular weight is 631 g/mol. The minimum absolute atomic E-state index is 0.0853. The van der Waals surface area contributed by atoms with E-state index in [1.54, 1.807) is 30.1 Å². The van der Waals surface area contributed by atoms with Crippen molar-refractivity contribution in [1.82, 2.24) is 20.6 Å². The molecule has 2 amide bonds. The Hall–Kier alpha value is -4.26. The van der Waals surface area contributed by atoms with Gasteiger partial charge < -0.3 is 36.9 Å². The summed E-state index contributed by atoms with van der Waals surface area (Å²) >= 11 is 1.58. The number of nitrogens with one attached hydrogen (secondary N) is 5. The highest BCUT2D eigenvalue weighted by molar-refractivity contribution is 7.98. The average Bonchev–Trinajstić information content (AvgIpc) is 3.54. The molecule has 4 atom stereocenters. The van der Waals surface area contributed by atoms with Gasteiger partial charge in [0, 0.05) is 37.7 Å². The van der Waals surface area contributed by atoms with E-state index < -0.39 is 30.0 Å². The number of thioether (sulfide) groups is 1. The van der Waals surface area contributed by atoms with Gasteiger partial charge in [0.1, 0.15) is 5.75 Å². The van der Waals surface area contributed by atoms with Gasteiger partial charge in [-0.1, -0.05) is 17.5 Å². The fourth-order valence-corrected chi connectivity index (χ4v) is 4.66. The highest BCUT2D eigenvalue weighted by Crippen LogP contribution is 2.17. The summed E-state index contributed by atoms with van der Waals surface area (Å²) in [5, 5.41) is 26.1. The molecule has 0 aliphatic heterocycles. The van der Waals surface area contributed by atoms with Gasteiger partial charge in [-0.25, -0.2) is 4.98 Å². The van der Waals surface area contributed by atoms with Crippen LogP contribution < -0.4 is 16.4 Å². The number of aromatic nitrogens is 2. The number of H-pyrrole nitrogens is 1. The van der Waals surface area contributed by atoms with Gasteiger partial charge in [-0.2, -0.15) is 11.8 Å². The van der Waals surface area contributed by atoms with Crippen molar-refractivity contribution in [3.05, 3.63) is 48.0 Å². The minimum Gasteiger partial charge on any atom is -0.508 e. The summed E-state index contributed by atoms with van der Waals surface area (Å²) in [5.74, 6) is -1.27. The molecule has 14 heteroatoms. The lowest BCUT2D eigenvalue weighted by Crippen LogP contribution is -2.68. The lowest BCUT2D eigenvalue weighted by atomic mass is 9.90. The molecule has 44 heavy (non-hydrogen) atoms. The Bertz CT molecular complexity index is 1140. The van der Waals surface area contributed by atoms with Crippen molar-refractivity contribution < 1.29 is 30.0 Å². The van der Waals surface area contributed by atoms with Gasteiger partial charge >= 0.3 is 6.72 Å². The summed E-state index contributed by atoms with van der Waals surface area (Å²) in [5.41, 5.74) is 5.33. The maximum atomic E-state index is 13.7. The number of amides is 2. The number of nitrogens with zero attached hydrogens (tertiary/aromatic N) is 2. The maximum absolute atomic E-state index is 13.7. The van der Waals surface area contributed by atoms with E-state index in [1.165, 1.54) is 25.4 Å². The third-order valence-corrected chi connectivity index (χ3v) is 7.22. The van der Waals surface area contributed by atoms with E-state index in [0.29, 0.717) is 37.3 Å². The van der Waals surface area contributed by atoms with Gasteiger partial charge in [0.15, 0.2) is 17.6 Å². The minimum atomic E-state index is -0.920. The van der Waals surface area contributed by atoms with Crippen molar-refractivity contribution in [3.8, 4) is 5.75 Å². The summed E-state index contributed by atoms with van der Waals surface area (Å²) in [6, 6.07) is 4.22. The number of rotatable bonds is 19. The number of ketones is 2. The van der Waals surface area contributed by atoms with Crippen molar-refractivity contribution in [2.45, 2.75) is 63.6 Å². The second-order valence-corrected chi connectivity index (χ2v) is 10.8. The second-order valence-electron chi connectivity index (χ2n) is 9.82. The summed E-state index contributed by atoms with van der Waals surface area (Å²) in [7, 11) is 0. The van der Waals surface area contributed by atoms with E-state index in [1.807, 2.05) is 6.26 Å². The molecular weight excluding hydrogens is 584 g/mol. The Kier molecular flexibility index (Phi) is 21.0. The van der Waals surface area contributed by atoms with Crippen LogP contribution in [0.25, 0.3) is 0 Å². The lowest BCUT2D eigenvalue weighted by molar-refractivity contribution is -0.405. The summed E-state index contributed by atoms with van der Waals surface area (Å²) in [4.78, 5) is 63.0. The number of imidazole rings is 1. The molecule has 0 aliphatic rings. The van der Waals surface area contributed by atoms with Gasteiger partial charge in [-0.15, -0.1) is 0 Å². The Labute approximate surface area is 263 Å². The van der Waals surface area contributed by atoms with Gasteiger partial charge in [-0.3, -0.25) is 19.2 Å². The van der Waals surface area contributed by atoms with Crippen molar-refractivity contribution >= 4 is 55.3 Å². The van der Waals surface area contributed by atoms with Gasteiger partial charge in [0.05, 0.1) is 24.3 Å². The number of phenolic OH excluding ortho intramolecular Hbond substituents is 1. The number of hydrogen-bond acceptors (Lipinski definition) is 10. The Balaban J connectivity index is 0.00000443. The van der Waals surface area contributed by atoms with Crippen LogP contribution >= 0.6 is 11.8 Å². The molecule has 2 rings (SSSR count). The molecule has 2 aromatic rings. The monoisotopic (exact) mass is 630 g/mol. The van der Waals surface area contributed by atoms with E-state index >= 15 is 0 Å². The zero-order chi connectivity index (χ0) is 33.5. The van der Waals surface area contributed by atoms with E-state index in [2.05, 4.69) is 51.5 Å². The predicted octanol–water partition coefficient (Wildman–Crippen LogP) is 1.29. The first-order valence-corrected chi connectivity index (χ1v) is 15.3. The third kappa shape index (κ3) is 15.3. The van der Waals surface area contributed by atoms with Gasteiger partial charge in [0.2, 0.25) is 5.91 Å². The molecule has 4 unspecified atom stereocenters. The van der Waals surface area contributed by atoms with E-state index in [4.69, 9.17) is 10.8 Å². The molecule has 0 spiro atoms. The quantitative estimate of drug-likeness (QED) is 0.0682. The largest absolute Gasteiger partial charge is 0.508 e. The second kappa shape index (κ2) is 23.2. The molecule has 9 N–H and O–H groups in total. The number of phenols is 1. The van der Waals surface area contributed by atoms with Crippen molar-refractivity contribution in [1.29, 1.82) is 10.8 Å². The molecule has 1 aromatic heterocycles. The fourth-order valence-electron chi connectivity index (χ4n) is 4.19. The Morgan fingerprint density at radius 3 is 2.27 bits per heavy atom. The van der Waals surface area contributed by atoms with E-state index in [9.17, 15) is 24.3 Å². The van der Waals surface area contributed by atoms with Crippen LogP contribution in [0.1, 0.15) is 43.9 Å². The fraction of sp³-hybridized carbons (Fsp3) is 0.467. The molecular formula is C30H46N8O5S+2. The third-order valence-electron chi connectivity index (χ3n) is 6.58. The van der Waals surface area contributed by atoms with Crippen LogP contribution in [0.5, 0.6) is 5.75 Å². The number of aromatic amines is 1. The summed E-state index contributed by atoms with van der Waals surface area (Å²) in [6.07, 6.45) is 6.83. The number of aliphatic imine (C=N–C) groups is 1. The molecule has 0 aliphatic carbocycles. The first-order valence-electron chi connectivity index (χ1n) is 13.9. The van der Waals surface area contributed by atoms with E-state index in [-0.39, 0.29) is 42.5 Å². The molecule has 0 saturated heterocycles. The zero-order valence-electron chi connectivity index (χ0n) is 25.5. The highest BCUT2D eigenvalue weighted by Gasteiger charge is 2.31. The molecule has 13 nitrogen and oxygen atoms in total. The van der Waals surface area contributed by atoms with Gasteiger partial charge in [0.25, 0.3) is 5.91 Å². The lowest BCUT2D eigenvalue weighted by Gasteiger charge is -2.24. The zero-order valence-corrected chi connectivity index (χ0v) is 26.3. The first-order chi connectivity index (χ1) is 21.1. The number of hydrogen-bond donors (Lipinski definition) is 7. The van der Waals surface area contributed by atoms with Crippen molar-refractivity contribution in [2.75, 3.05) is 18.6 Å². The van der Waals surface area contributed by atoms with Crippen LogP contribution in [0.4, 0.5) is 0 Å². The Morgan fingerprint density at radius 1 is 1.09 bits per heavy atom. The molecule has 240 valence electrons. The van der Waals surface area contributed by atoms with Crippen LogP contribution in [0.2, 0.25) is 0 Å². The molecule has 0 radical (unpaired) electrons. The number of carbonyl (C=O) groups is 4. The number of Topliss-reactive ketones (excluding diaryl/α,β-unsaturated/α-hetero) is 2. The van der Waals surface area contributed by atoms with Crippen LogP contribution in [-0.2, 0) is 32.0 Å². The summed E-state index contributed by atoms with van der Waals surface area (Å²) < 4.78 is 0. The number of carbonyl (C=O) groups excluding carboxylic acids is 4. The molecule has 1 heterocycles. The highest BCUT2D eigenvalue weighted by atomic mass is 32.2. The van der Waals surface area contributed by atoms with Crippen LogP contribution in [0.15, 0.2) is 41.8 Å². The maximum Gasteiger partial charge on any atom is 0.338 e. The van der Waals surface area contributed by atoms with Crippen LogP contribution in [0.3, 0.4) is 0 Å².